The fourth-order valence-electron chi connectivity index (χ4n) is 0.530. The van der Waals surface area contributed by atoms with E-state index < -0.39 is 12.4 Å². The third-order valence-corrected chi connectivity index (χ3v) is 1.65. The summed E-state index contributed by atoms with van der Waals surface area (Å²) >= 11 is 0. The van der Waals surface area contributed by atoms with E-state index in [4.69, 9.17) is 5.11 Å². The zero-order valence-electron chi connectivity index (χ0n) is 6.76. The number of allylic oxidation sites excluding steroid dienone is 1. The Balaban J connectivity index is 3.86. The van der Waals surface area contributed by atoms with Crippen LogP contribution in [0.4, 0.5) is 4.39 Å². The maximum Gasteiger partial charge on any atom is 0.122 e. The Labute approximate surface area is 61.6 Å². The minimum absolute atomic E-state index is 0.201. The van der Waals surface area contributed by atoms with E-state index in [0.717, 1.165) is 0 Å². The Morgan fingerprint density at radius 1 is 1.50 bits per heavy atom. The smallest absolute Gasteiger partial charge is 0.122 e. The number of aliphatic hydroxyl groups excluding tert-OH is 1. The number of rotatable bonds is 3. The molecule has 0 unspecified atom stereocenters. The molecule has 0 bridgehead atoms. The van der Waals surface area contributed by atoms with Crippen LogP contribution in [0.3, 0.4) is 0 Å². The Morgan fingerprint density at radius 2 is 2.00 bits per heavy atom. The minimum atomic E-state index is -0.475. The van der Waals surface area contributed by atoms with Crippen molar-refractivity contribution in [2.24, 2.45) is 11.8 Å². The Bertz CT molecular complexity index is 118. The summed E-state index contributed by atoms with van der Waals surface area (Å²) in [6, 6.07) is 0. The van der Waals surface area contributed by atoms with Crippen molar-refractivity contribution in [3.05, 3.63) is 11.9 Å². The van der Waals surface area contributed by atoms with Gasteiger partial charge >= 0.3 is 0 Å². The average molecular weight is 146 g/mol. The molecule has 2 heteroatoms. The first-order chi connectivity index (χ1) is 4.57. The van der Waals surface area contributed by atoms with Gasteiger partial charge in [0.15, 0.2) is 0 Å². The summed E-state index contributed by atoms with van der Waals surface area (Å²) in [4.78, 5) is 0. The van der Waals surface area contributed by atoms with Gasteiger partial charge in [0.1, 0.15) is 5.83 Å². The second kappa shape index (κ2) is 4.45. The predicted molar refractivity (Wildman–Crippen MR) is 40.3 cm³/mol. The van der Waals surface area contributed by atoms with E-state index in [0.29, 0.717) is 5.92 Å². The molecule has 0 aromatic rings. The number of halogens is 1. The van der Waals surface area contributed by atoms with E-state index >= 15 is 0 Å². The lowest BCUT2D eigenvalue weighted by molar-refractivity contribution is 0.294. The van der Waals surface area contributed by atoms with Gasteiger partial charge in [-0.15, -0.1) is 0 Å². The van der Waals surface area contributed by atoms with Crippen LogP contribution >= 0.6 is 0 Å². The Hall–Kier alpha value is -0.370. The lowest BCUT2D eigenvalue weighted by Gasteiger charge is -2.09. The minimum Gasteiger partial charge on any atom is -0.389 e. The molecule has 0 aliphatic rings. The summed E-state index contributed by atoms with van der Waals surface area (Å²) in [5.41, 5.74) is 0. The standard InChI is InChI=1S/C8H15FO/c1-6(2)7(3)4-8(9)5-10/h4,6-7,10H,5H2,1-3H3/b8-4+/t7-/m1/s1. The fourth-order valence-corrected chi connectivity index (χ4v) is 0.530. The summed E-state index contributed by atoms with van der Waals surface area (Å²) in [7, 11) is 0. The summed E-state index contributed by atoms with van der Waals surface area (Å²) < 4.78 is 12.4. The maximum atomic E-state index is 12.4. The van der Waals surface area contributed by atoms with Gasteiger partial charge in [-0.05, 0) is 17.9 Å². The molecule has 0 aromatic carbocycles. The van der Waals surface area contributed by atoms with Crippen molar-refractivity contribution in [1.29, 1.82) is 0 Å². The highest BCUT2D eigenvalue weighted by molar-refractivity contribution is 4.95. The highest BCUT2D eigenvalue weighted by Crippen LogP contribution is 2.13. The summed E-state index contributed by atoms with van der Waals surface area (Å²) in [6.45, 7) is 5.49. The summed E-state index contributed by atoms with van der Waals surface area (Å²) in [5.74, 6) is 0.200. The average Bonchev–Trinajstić information content (AvgIpc) is 1.87. The highest BCUT2D eigenvalue weighted by atomic mass is 19.1. The van der Waals surface area contributed by atoms with Crippen LogP contribution in [0, 0.1) is 11.8 Å². The SMILES string of the molecule is CC(C)[C@H](C)/C=C(/F)CO. The van der Waals surface area contributed by atoms with Gasteiger partial charge in [0, 0.05) is 0 Å². The molecule has 1 atom stereocenters. The van der Waals surface area contributed by atoms with E-state index in [9.17, 15) is 4.39 Å². The lowest BCUT2D eigenvalue weighted by atomic mass is 9.98. The van der Waals surface area contributed by atoms with Gasteiger partial charge in [0.05, 0.1) is 6.61 Å². The van der Waals surface area contributed by atoms with Gasteiger partial charge in [0.2, 0.25) is 0 Å². The largest absolute Gasteiger partial charge is 0.389 e. The number of hydrogen-bond donors (Lipinski definition) is 1. The van der Waals surface area contributed by atoms with Crippen molar-refractivity contribution in [1.82, 2.24) is 0 Å². The van der Waals surface area contributed by atoms with Gasteiger partial charge in [-0.2, -0.15) is 0 Å². The van der Waals surface area contributed by atoms with E-state index in [2.05, 4.69) is 0 Å². The molecule has 0 spiro atoms. The van der Waals surface area contributed by atoms with Crippen molar-refractivity contribution >= 4 is 0 Å². The van der Waals surface area contributed by atoms with Gasteiger partial charge < -0.3 is 5.11 Å². The van der Waals surface area contributed by atoms with Gasteiger partial charge in [0.25, 0.3) is 0 Å². The molecule has 0 aliphatic heterocycles. The number of aliphatic hydroxyl groups is 1. The number of hydrogen-bond acceptors (Lipinski definition) is 1. The molecule has 0 fully saturated rings. The highest BCUT2D eigenvalue weighted by Gasteiger charge is 2.04. The zero-order valence-corrected chi connectivity index (χ0v) is 6.76. The van der Waals surface area contributed by atoms with Crippen molar-refractivity contribution < 1.29 is 9.50 Å². The zero-order chi connectivity index (χ0) is 8.15. The normalized spacial score (nSPS) is 16.0. The fraction of sp³-hybridized carbons (Fsp3) is 0.750. The van der Waals surface area contributed by atoms with Crippen molar-refractivity contribution in [3.63, 3.8) is 0 Å². The van der Waals surface area contributed by atoms with Crippen molar-refractivity contribution in [2.45, 2.75) is 20.8 Å². The van der Waals surface area contributed by atoms with Gasteiger partial charge in [-0.3, -0.25) is 0 Å². The summed E-state index contributed by atoms with van der Waals surface area (Å²) in [5, 5.41) is 8.32. The third-order valence-electron chi connectivity index (χ3n) is 1.65. The molecule has 0 aliphatic carbocycles. The van der Waals surface area contributed by atoms with E-state index in [1.807, 2.05) is 20.8 Å². The van der Waals surface area contributed by atoms with E-state index in [1.54, 1.807) is 0 Å². The van der Waals surface area contributed by atoms with Crippen LogP contribution in [-0.4, -0.2) is 11.7 Å². The molecule has 10 heavy (non-hydrogen) atoms. The van der Waals surface area contributed by atoms with Crippen LogP contribution in [0.2, 0.25) is 0 Å². The molecule has 0 rings (SSSR count). The third kappa shape index (κ3) is 3.62. The molecule has 0 heterocycles. The molecule has 1 nitrogen and oxygen atoms in total. The molecule has 0 aromatic heterocycles. The van der Waals surface area contributed by atoms with Crippen LogP contribution in [0.1, 0.15) is 20.8 Å². The molecule has 0 radical (unpaired) electrons. The molecule has 0 amide bonds. The topological polar surface area (TPSA) is 20.2 Å². The van der Waals surface area contributed by atoms with Crippen LogP contribution < -0.4 is 0 Å². The maximum absolute atomic E-state index is 12.4. The molecule has 1 N–H and O–H groups in total. The van der Waals surface area contributed by atoms with Gasteiger partial charge in [-0.1, -0.05) is 20.8 Å². The van der Waals surface area contributed by atoms with Crippen molar-refractivity contribution in [2.75, 3.05) is 6.61 Å². The molecule has 60 valence electrons. The summed E-state index contributed by atoms with van der Waals surface area (Å²) in [6.07, 6.45) is 1.46. The van der Waals surface area contributed by atoms with Gasteiger partial charge in [-0.25, -0.2) is 4.39 Å². The first-order valence-corrected chi connectivity index (χ1v) is 3.55. The molecule has 0 saturated heterocycles. The van der Waals surface area contributed by atoms with Crippen LogP contribution in [0.5, 0.6) is 0 Å². The molecule has 0 saturated carbocycles. The van der Waals surface area contributed by atoms with E-state index in [-0.39, 0.29) is 5.92 Å². The molecular weight excluding hydrogens is 131 g/mol. The van der Waals surface area contributed by atoms with Crippen molar-refractivity contribution in [3.8, 4) is 0 Å². The second-order valence-electron chi connectivity index (χ2n) is 2.87. The van der Waals surface area contributed by atoms with E-state index in [1.165, 1.54) is 6.08 Å². The lowest BCUT2D eigenvalue weighted by Crippen LogP contribution is -2.01. The molecular formula is C8H15FO. The monoisotopic (exact) mass is 146 g/mol. The van der Waals surface area contributed by atoms with Crippen LogP contribution in [0.25, 0.3) is 0 Å². The Kier molecular flexibility index (Phi) is 4.28. The first kappa shape index (κ1) is 9.63. The first-order valence-electron chi connectivity index (χ1n) is 3.55. The van der Waals surface area contributed by atoms with Crippen LogP contribution in [0.15, 0.2) is 11.9 Å². The predicted octanol–water partition coefficient (Wildman–Crippen LogP) is 2.12. The second-order valence-corrected chi connectivity index (χ2v) is 2.87. The van der Waals surface area contributed by atoms with Crippen LogP contribution in [-0.2, 0) is 0 Å². The Morgan fingerprint density at radius 3 is 2.30 bits per heavy atom. The quantitative estimate of drug-likeness (QED) is 0.646.